The Balaban J connectivity index is 2.08. The fourth-order valence-electron chi connectivity index (χ4n) is 2.24. The Bertz CT molecular complexity index is 321. The summed E-state index contributed by atoms with van der Waals surface area (Å²) in [4.78, 5) is 6.73. The highest BCUT2D eigenvalue weighted by Crippen LogP contribution is 2.25. The molecule has 1 saturated carbocycles. The molecule has 1 aromatic rings. The van der Waals surface area contributed by atoms with Crippen molar-refractivity contribution in [1.29, 1.82) is 0 Å². The molecular formula is C12H17BrN2. The molecule has 0 radical (unpaired) electrons. The van der Waals surface area contributed by atoms with E-state index in [1.807, 2.05) is 12.3 Å². The van der Waals surface area contributed by atoms with E-state index in [0.717, 1.165) is 10.3 Å². The quantitative estimate of drug-likeness (QED) is 0.815. The average molecular weight is 269 g/mol. The maximum Gasteiger partial charge on any atom is 0.129 e. The van der Waals surface area contributed by atoms with Crippen LogP contribution < -0.4 is 4.90 Å². The van der Waals surface area contributed by atoms with E-state index in [1.165, 1.54) is 32.1 Å². The molecule has 0 aliphatic heterocycles. The zero-order valence-corrected chi connectivity index (χ0v) is 10.7. The van der Waals surface area contributed by atoms with E-state index in [4.69, 9.17) is 0 Å². The first-order chi connectivity index (χ1) is 7.27. The molecule has 0 saturated heterocycles. The summed E-state index contributed by atoms with van der Waals surface area (Å²) in [7, 11) is 2.16. The van der Waals surface area contributed by atoms with Crippen molar-refractivity contribution >= 4 is 21.7 Å². The van der Waals surface area contributed by atoms with E-state index >= 15 is 0 Å². The summed E-state index contributed by atoms with van der Waals surface area (Å²) in [5.41, 5.74) is 0. The molecule has 0 bridgehead atoms. The van der Waals surface area contributed by atoms with Gasteiger partial charge in [-0.3, -0.25) is 0 Å². The largest absolute Gasteiger partial charge is 0.357 e. The van der Waals surface area contributed by atoms with Crippen molar-refractivity contribution in [2.75, 3.05) is 11.9 Å². The molecule has 2 rings (SSSR count). The minimum atomic E-state index is 0.681. The van der Waals surface area contributed by atoms with Crippen molar-refractivity contribution in [3.05, 3.63) is 22.8 Å². The van der Waals surface area contributed by atoms with Gasteiger partial charge in [-0.15, -0.1) is 0 Å². The number of aromatic nitrogens is 1. The molecule has 3 heteroatoms. The van der Waals surface area contributed by atoms with Crippen LogP contribution in [0.1, 0.15) is 32.1 Å². The van der Waals surface area contributed by atoms with Crippen molar-refractivity contribution < 1.29 is 0 Å². The van der Waals surface area contributed by atoms with Crippen LogP contribution in [0.3, 0.4) is 0 Å². The van der Waals surface area contributed by atoms with E-state index in [9.17, 15) is 0 Å². The van der Waals surface area contributed by atoms with Crippen LogP contribution in [0.15, 0.2) is 22.8 Å². The molecule has 0 unspecified atom stereocenters. The van der Waals surface area contributed by atoms with Gasteiger partial charge in [0.25, 0.3) is 0 Å². The molecule has 0 spiro atoms. The maximum absolute atomic E-state index is 4.41. The molecular weight excluding hydrogens is 252 g/mol. The van der Waals surface area contributed by atoms with Gasteiger partial charge in [-0.2, -0.15) is 0 Å². The van der Waals surface area contributed by atoms with Crippen molar-refractivity contribution in [3.63, 3.8) is 0 Å². The lowest BCUT2D eigenvalue weighted by molar-refractivity contribution is 0.426. The highest BCUT2D eigenvalue weighted by Gasteiger charge is 2.18. The van der Waals surface area contributed by atoms with Gasteiger partial charge in [0.15, 0.2) is 0 Å². The summed E-state index contributed by atoms with van der Waals surface area (Å²) in [6, 6.07) is 4.74. The number of halogens is 1. The monoisotopic (exact) mass is 268 g/mol. The lowest BCUT2D eigenvalue weighted by Crippen LogP contribution is -2.33. The van der Waals surface area contributed by atoms with Gasteiger partial charge in [-0.25, -0.2) is 4.98 Å². The minimum absolute atomic E-state index is 0.681. The van der Waals surface area contributed by atoms with Crippen molar-refractivity contribution in [1.82, 2.24) is 4.98 Å². The van der Waals surface area contributed by atoms with Crippen LogP contribution in [-0.2, 0) is 0 Å². The molecule has 1 aliphatic carbocycles. The summed E-state index contributed by atoms with van der Waals surface area (Å²) >= 11 is 3.49. The van der Waals surface area contributed by atoms with Crippen molar-refractivity contribution in [2.45, 2.75) is 38.1 Å². The first kappa shape index (κ1) is 10.9. The van der Waals surface area contributed by atoms with Gasteiger partial charge in [0.1, 0.15) is 5.82 Å². The lowest BCUT2D eigenvalue weighted by Gasteiger charge is -2.32. The van der Waals surface area contributed by atoms with E-state index in [1.54, 1.807) is 0 Å². The van der Waals surface area contributed by atoms with Gasteiger partial charge in [-0.05, 0) is 25.0 Å². The molecule has 0 atom stereocenters. The lowest BCUT2D eigenvalue weighted by atomic mass is 9.94. The van der Waals surface area contributed by atoms with Crippen LogP contribution in [0.2, 0.25) is 0 Å². The smallest absolute Gasteiger partial charge is 0.129 e. The third-order valence-electron chi connectivity index (χ3n) is 3.19. The van der Waals surface area contributed by atoms with Gasteiger partial charge in [-0.1, -0.05) is 35.2 Å². The number of pyridine rings is 1. The standard InChI is InChI=1S/C12H17BrN2/c1-15(11-5-3-2-4-6-11)12-9-10(13)7-8-14-12/h7-9,11H,2-6H2,1H3. The molecule has 1 aromatic heterocycles. The van der Waals surface area contributed by atoms with Crippen LogP contribution in [0, 0.1) is 0 Å². The van der Waals surface area contributed by atoms with Crippen LogP contribution in [-0.4, -0.2) is 18.1 Å². The third kappa shape index (κ3) is 2.71. The third-order valence-corrected chi connectivity index (χ3v) is 3.68. The summed E-state index contributed by atoms with van der Waals surface area (Å²) in [6.45, 7) is 0. The number of hydrogen-bond donors (Lipinski definition) is 0. The Morgan fingerprint density at radius 3 is 2.73 bits per heavy atom. The highest BCUT2D eigenvalue weighted by molar-refractivity contribution is 9.10. The van der Waals surface area contributed by atoms with Gasteiger partial charge >= 0.3 is 0 Å². The molecule has 0 aromatic carbocycles. The normalized spacial score (nSPS) is 17.7. The first-order valence-electron chi connectivity index (χ1n) is 5.62. The Labute approximate surface area is 99.8 Å². The number of hydrogen-bond acceptors (Lipinski definition) is 2. The van der Waals surface area contributed by atoms with Gasteiger partial charge in [0, 0.05) is 23.8 Å². The van der Waals surface area contributed by atoms with Gasteiger partial charge in [0.05, 0.1) is 0 Å². The first-order valence-corrected chi connectivity index (χ1v) is 6.41. The van der Waals surface area contributed by atoms with Crippen molar-refractivity contribution in [3.8, 4) is 0 Å². The van der Waals surface area contributed by atoms with Crippen LogP contribution in [0.4, 0.5) is 5.82 Å². The molecule has 1 fully saturated rings. The highest BCUT2D eigenvalue weighted by atomic mass is 79.9. The second kappa shape index (κ2) is 4.97. The van der Waals surface area contributed by atoms with Gasteiger partial charge < -0.3 is 4.90 Å². The summed E-state index contributed by atoms with van der Waals surface area (Å²) in [5, 5.41) is 0. The van der Waals surface area contributed by atoms with Crippen LogP contribution in [0.5, 0.6) is 0 Å². The molecule has 0 amide bonds. The van der Waals surface area contributed by atoms with Crippen molar-refractivity contribution in [2.24, 2.45) is 0 Å². The zero-order valence-electron chi connectivity index (χ0n) is 9.12. The Morgan fingerprint density at radius 1 is 1.33 bits per heavy atom. The van der Waals surface area contributed by atoms with E-state index in [0.29, 0.717) is 6.04 Å². The number of anilines is 1. The minimum Gasteiger partial charge on any atom is -0.357 e. The number of nitrogens with zero attached hydrogens (tertiary/aromatic N) is 2. The fourth-order valence-corrected chi connectivity index (χ4v) is 2.56. The van der Waals surface area contributed by atoms with E-state index < -0.39 is 0 Å². The molecule has 15 heavy (non-hydrogen) atoms. The topological polar surface area (TPSA) is 16.1 Å². The Morgan fingerprint density at radius 2 is 2.07 bits per heavy atom. The predicted molar refractivity (Wildman–Crippen MR) is 67.2 cm³/mol. The molecule has 2 nitrogen and oxygen atoms in total. The summed E-state index contributed by atoms with van der Waals surface area (Å²) < 4.78 is 1.11. The van der Waals surface area contributed by atoms with E-state index in [-0.39, 0.29) is 0 Å². The Kier molecular flexibility index (Phi) is 3.62. The second-order valence-electron chi connectivity index (χ2n) is 4.23. The van der Waals surface area contributed by atoms with Crippen LogP contribution >= 0.6 is 15.9 Å². The molecule has 82 valence electrons. The molecule has 0 N–H and O–H groups in total. The zero-order chi connectivity index (χ0) is 10.7. The fraction of sp³-hybridized carbons (Fsp3) is 0.583. The maximum atomic E-state index is 4.41. The SMILES string of the molecule is CN(c1cc(Br)ccn1)C1CCCCC1. The molecule has 1 heterocycles. The summed E-state index contributed by atoms with van der Waals surface area (Å²) in [6.07, 6.45) is 8.61. The summed E-state index contributed by atoms with van der Waals surface area (Å²) in [5.74, 6) is 1.08. The average Bonchev–Trinajstić information content (AvgIpc) is 2.29. The number of rotatable bonds is 2. The Hall–Kier alpha value is -0.570. The van der Waals surface area contributed by atoms with E-state index in [2.05, 4.69) is 38.9 Å². The predicted octanol–water partition coefficient (Wildman–Crippen LogP) is 3.61. The second-order valence-corrected chi connectivity index (χ2v) is 5.15. The molecule has 1 aliphatic rings. The van der Waals surface area contributed by atoms with Crippen LogP contribution in [0.25, 0.3) is 0 Å². The van der Waals surface area contributed by atoms with Gasteiger partial charge in [0.2, 0.25) is 0 Å².